The molecule has 1 aliphatic heterocycles. The number of nitrogens with zero attached hydrogens (tertiary/aromatic N) is 1. The zero-order valence-corrected chi connectivity index (χ0v) is 18.6. The van der Waals surface area contributed by atoms with Crippen molar-refractivity contribution >= 4 is 15.7 Å². The van der Waals surface area contributed by atoms with Gasteiger partial charge in [0.1, 0.15) is 5.75 Å². The number of carbonyl (C=O) groups is 1. The van der Waals surface area contributed by atoms with Crippen LogP contribution in [-0.4, -0.2) is 50.7 Å². The number of ether oxygens (including phenoxy) is 1. The van der Waals surface area contributed by atoms with Gasteiger partial charge in [0.25, 0.3) is 5.91 Å². The van der Waals surface area contributed by atoms with E-state index in [4.69, 9.17) is 4.74 Å². The van der Waals surface area contributed by atoms with E-state index in [-0.39, 0.29) is 28.2 Å². The predicted molar refractivity (Wildman–Crippen MR) is 118 cm³/mol. The Hall–Kier alpha value is -2.38. The molecule has 2 aromatic rings. The fourth-order valence-electron chi connectivity index (χ4n) is 3.95. The van der Waals surface area contributed by atoms with Gasteiger partial charge in [-0.1, -0.05) is 37.3 Å². The smallest absolute Gasteiger partial charge is 0.255 e. The van der Waals surface area contributed by atoms with E-state index in [1.807, 2.05) is 18.2 Å². The van der Waals surface area contributed by atoms with Gasteiger partial charge in [-0.25, -0.2) is 8.42 Å². The minimum atomic E-state index is -3.40. The molecule has 0 bridgehead atoms. The summed E-state index contributed by atoms with van der Waals surface area (Å²) in [5.41, 5.74) is 1.49. The number of rotatable bonds is 8. The number of carbonyl (C=O) groups excluding carboxylic acids is 1. The Morgan fingerprint density at radius 3 is 2.57 bits per heavy atom. The molecule has 30 heavy (non-hydrogen) atoms. The Kier molecular flexibility index (Phi) is 7.15. The highest BCUT2D eigenvalue weighted by Crippen LogP contribution is 2.27. The van der Waals surface area contributed by atoms with Gasteiger partial charge in [-0.2, -0.15) is 0 Å². The maximum Gasteiger partial charge on any atom is 0.255 e. The number of nitrogens with one attached hydrogen (secondary N) is 1. The molecule has 1 saturated heterocycles. The third kappa shape index (κ3) is 5.02. The van der Waals surface area contributed by atoms with Crippen molar-refractivity contribution in [3.05, 3.63) is 59.7 Å². The van der Waals surface area contributed by atoms with Gasteiger partial charge in [-0.3, -0.25) is 9.69 Å². The van der Waals surface area contributed by atoms with Gasteiger partial charge in [-0.05, 0) is 43.5 Å². The highest BCUT2D eigenvalue weighted by atomic mass is 32.2. The summed E-state index contributed by atoms with van der Waals surface area (Å²) < 4.78 is 29.7. The summed E-state index contributed by atoms with van der Waals surface area (Å²) in [6, 6.07) is 15.4. The van der Waals surface area contributed by atoms with Crippen LogP contribution in [0, 0.1) is 0 Å². The molecule has 2 aromatic carbocycles. The van der Waals surface area contributed by atoms with Gasteiger partial charge in [0.15, 0.2) is 9.84 Å². The third-order valence-corrected chi connectivity index (χ3v) is 7.55. The number of likely N-dealkylation sites (tertiary alicyclic amines) is 1. The van der Waals surface area contributed by atoms with Crippen LogP contribution in [0.5, 0.6) is 5.75 Å². The van der Waals surface area contributed by atoms with Crippen LogP contribution in [0.25, 0.3) is 0 Å². The van der Waals surface area contributed by atoms with Crippen LogP contribution in [0.2, 0.25) is 0 Å². The average Bonchev–Trinajstić information content (AvgIpc) is 3.11. The van der Waals surface area contributed by atoms with Crippen molar-refractivity contribution in [2.24, 2.45) is 0 Å². The first-order chi connectivity index (χ1) is 14.4. The van der Waals surface area contributed by atoms with Crippen molar-refractivity contribution in [2.45, 2.75) is 50.2 Å². The first kappa shape index (κ1) is 22.3. The summed E-state index contributed by atoms with van der Waals surface area (Å²) in [6.45, 7) is 5.15. The zero-order valence-electron chi connectivity index (χ0n) is 17.8. The summed E-state index contributed by atoms with van der Waals surface area (Å²) in [6.07, 6.45) is 2.09. The second-order valence-electron chi connectivity index (χ2n) is 7.71. The first-order valence-corrected chi connectivity index (χ1v) is 12.0. The predicted octanol–water partition coefficient (Wildman–Crippen LogP) is 3.27. The minimum absolute atomic E-state index is 0.0191. The normalized spacial score (nSPS) is 19.6. The van der Waals surface area contributed by atoms with Crippen molar-refractivity contribution < 1.29 is 17.9 Å². The van der Waals surface area contributed by atoms with Gasteiger partial charge in [0.2, 0.25) is 0 Å². The molecule has 2 atom stereocenters. The van der Waals surface area contributed by atoms with E-state index in [2.05, 4.69) is 29.3 Å². The van der Waals surface area contributed by atoms with E-state index in [1.165, 1.54) is 30.9 Å². The van der Waals surface area contributed by atoms with E-state index in [0.717, 1.165) is 19.4 Å². The summed E-state index contributed by atoms with van der Waals surface area (Å²) in [7, 11) is -1.93. The van der Waals surface area contributed by atoms with E-state index in [1.54, 1.807) is 6.92 Å². The standard InChI is InChI=1S/C23H30N2O4S/c1-4-30(27,28)20-12-13-22(29-3)21(14-20)23(26)24-15-19-11-10-17(2)25(19)16-18-8-6-5-7-9-18/h5-9,12-14,17,19H,4,10-11,15-16H2,1-3H3,(H,24,26). The fourth-order valence-corrected chi connectivity index (χ4v) is 4.86. The van der Waals surface area contributed by atoms with E-state index in [9.17, 15) is 13.2 Å². The van der Waals surface area contributed by atoms with Crippen LogP contribution >= 0.6 is 0 Å². The lowest BCUT2D eigenvalue weighted by Crippen LogP contribution is -2.42. The molecule has 162 valence electrons. The third-order valence-electron chi connectivity index (χ3n) is 5.81. The Bertz CT molecular complexity index is 976. The number of hydrogen-bond donors (Lipinski definition) is 1. The molecule has 0 aliphatic carbocycles. The van der Waals surface area contributed by atoms with Crippen LogP contribution in [0.1, 0.15) is 42.6 Å². The summed E-state index contributed by atoms with van der Waals surface area (Å²) in [5, 5.41) is 2.99. The lowest BCUT2D eigenvalue weighted by molar-refractivity contribution is 0.0931. The molecule has 1 heterocycles. The Labute approximate surface area is 179 Å². The van der Waals surface area contributed by atoms with Crippen LogP contribution in [0.4, 0.5) is 0 Å². The molecule has 0 radical (unpaired) electrons. The number of benzene rings is 2. The summed E-state index contributed by atoms with van der Waals surface area (Å²) in [4.78, 5) is 15.4. The van der Waals surface area contributed by atoms with E-state index >= 15 is 0 Å². The van der Waals surface area contributed by atoms with Gasteiger partial charge in [-0.15, -0.1) is 0 Å². The average molecular weight is 431 g/mol. The SMILES string of the molecule is CCS(=O)(=O)c1ccc(OC)c(C(=O)NCC2CCC(C)N2Cc2ccccc2)c1. The van der Waals surface area contributed by atoms with Crippen molar-refractivity contribution in [1.29, 1.82) is 0 Å². The highest BCUT2D eigenvalue weighted by Gasteiger charge is 2.31. The van der Waals surface area contributed by atoms with Crippen molar-refractivity contribution in [2.75, 3.05) is 19.4 Å². The zero-order chi connectivity index (χ0) is 21.7. The molecule has 1 amide bonds. The number of hydrogen-bond acceptors (Lipinski definition) is 5. The maximum atomic E-state index is 12.9. The maximum absolute atomic E-state index is 12.9. The Balaban J connectivity index is 1.72. The highest BCUT2D eigenvalue weighted by molar-refractivity contribution is 7.91. The molecule has 7 heteroatoms. The molecular weight excluding hydrogens is 400 g/mol. The van der Waals surface area contributed by atoms with Gasteiger partial charge < -0.3 is 10.1 Å². The van der Waals surface area contributed by atoms with Crippen LogP contribution in [0.3, 0.4) is 0 Å². The number of methoxy groups -OCH3 is 1. The molecule has 0 aromatic heterocycles. The van der Waals surface area contributed by atoms with Crippen LogP contribution in [0.15, 0.2) is 53.4 Å². The Morgan fingerprint density at radius 1 is 1.17 bits per heavy atom. The van der Waals surface area contributed by atoms with E-state index in [0.29, 0.717) is 18.3 Å². The number of amides is 1. The van der Waals surface area contributed by atoms with Crippen LogP contribution < -0.4 is 10.1 Å². The van der Waals surface area contributed by atoms with Crippen molar-refractivity contribution in [3.63, 3.8) is 0 Å². The lowest BCUT2D eigenvalue weighted by Gasteiger charge is -2.28. The molecule has 2 unspecified atom stereocenters. The molecule has 6 nitrogen and oxygen atoms in total. The van der Waals surface area contributed by atoms with Gasteiger partial charge in [0.05, 0.1) is 23.3 Å². The largest absolute Gasteiger partial charge is 0.496 e. The van der Waals surface area contributed by atoms with Crippen molar-refractivity contribution in [1.82, 2.24) is 10.2 Å². The second-order valence-corrected chi connectivity index (χ2v) is 9.99. The molecule has 3 rings (SSSR count). The quantitative estimate of drug-likeness (QED) is 0.696. The van der Waals surface area contributed by atoms with Crippen molar-refractivity contribution in [3.8, 4) is 5.75 Å². The molecule has 0 saturated carbocycles. The van der Waals surface area contributed by atoms with Gasteiger partial charge in [0, 0.05) is 25.2 Å². The first-order valence-electron chi connectivity index (χ1n) is 10.3. The van der Waals surface area contributed by atoms with E-state index < -0.39 is 9.84 Å². The van der Waals surface area contributed by atoms with Gasteiger partial charge >= 0.3 is 0 Å². The molecular formula is C23H30N2O4S. The molecule has 1 aliphatic rings. The van der Waals surface area contributed by atoms with Crippen LogP contribution in [-0.2, 0) is 16.4 Å². The monoisotopic (exact) mass is 430 g/mol. The fraction of sp³-hybridized carbons (Fsp3) is 0.435. The molecule has 0 spiro atoms. The minimum Gasteiger partial charge on any atom is -0.496 e. The topological polar surface area (TPSA) is 75.7 Å². The second kappa shape index (κ2) is 9.62. The lowest BCUT2D eigenvalue weighted by atomic mass is 10.1. The summed E-state index contributed by atoms with van der Waals surface area (Å²) >= 11 is 0. The number of sulfone groups is 1. The molecule has 1 fully saturated rings. The molecule has 1 N–H and O–H groups in total. The summed E-state index contributed by atoms with van der Waals surface area (Å²) in [5.74, 6) is 0.0251. The Morgan fingerprint density at radius 2 is 1.90 bits per heavy atom.